The maximum Gasteiger partial charge on any atom is 0.137 e. The van der Waals surface area contributed by atoms with Crippen molar-refractivity contribution < 1.29 is 4.79 Å². The first-order valence-corrected chi connectivity index (χ1v) is 17.9. The predicted molar refractivity (Wildman–Crippen MR) is 172 cm³/mol. The minimum Gasteiger partial charge on any atom is -0.385 e. The highest BCUT2D eigenvalue weighted by atomic mass is 16.1. The Labute approximate surface area is 254 Å². The highest BCUT2D eigenvalue weighted by Gasteiger charge is 2.76. The Morgan fingerprint density at radius 3 is 2.48 bits per heavy atom. The number of aldehydes is 1. The summed E-state index contributed by atoms with van der Waals surface area (Å²) < 4.78 is 0. The standard InChI is InChI=1S/C39H54N2O/c1-25-33-20-30(27-9-5-6-10-27)21-34(33)37-35(22-38(25)15-7-8-16-38)39(37,36(40)24-42)31-14-13-28-17-26(18-29(28)19-31)23-41-32-11-3-2-4-12-32/h2-4,11-14,24,26-31,33-37,41H,1,5-10,15-23,40H2/t26-,28+,29+,30-,31-,33+,34+,35+,36-,37-,39+/m0/s1. The summed E-state index contributed by atoms with van der Waals surface area (Å²) in [5.41, 5.74) is 10.2. The van der Waals surface area contributed by atoms with E-state index in [0.29, 0.717) is 40.9 Å². The number of allylic oxidation sites excluding steroid dienone is 3. The molecule has 0 heterocycles. The number of para-hydroxylation sites is 1. The van der Waals surface area contributed by atoms with Crippen LogP contribution in [0, 0.1) is 70.0 Å². The fourth-order valence-corrected chi connectivity index (χ4v) is 12.9. The molecule has 6 fully saturated rings. The number of anilines is 1. The fraction of sp³-hybridized carbons (Fsp3) is 0.718. The zero-order valence-electron chi connectivity index (χ0n) is 25.8. The lowest BCUT2D eigenvalue weighted by Crippen LogP contribution is -2.44. The van der Waals surface area contributed by atoms with Gasteiger partial charge in [-0.3, -0.25) is 0 Å². The summed E-state index contributed by atoms with van der Waals surface area (Å²) in [4.78, 5) is 12.7. The van der Waals surface area contributed by atoms with Gasteiger partial charge in [-0.1, -0.05) is 81.0 Å². The Kier molecular flexibility index (Phi) is 7.01. The predicted octanol–water partition coefficient (Wildman–Crippen LogP) is 8.43. The first kappa shape index (κ1) is 27.7. The van der Waals surface area contributed by atoms with E-state index in [-0.39, 0.29) is 11.5 Å². The average Bonchev–Trinajstić information content (AvgIpc) is 3.66. The van der Waals surface area contributed by atoms with Crippen LogP contribution in [-0.4, -0.2) is 18.9 Å². The van der Waals surface area contributed by atoms with Crippen LogP contribution in [0.25, 0.3) is 0 Å². The van der Waals surface area contributed by atoms with E-state index in [1.807, 2.05) is 0 Å². The molecule has 11 atom stereocenters. The van der Waals surface area contributed by atoms with E-state index < -0.39 is 0 Å². The molecule has 0 saturated heterocycles. The molecule has 3 nitrogen and oxygen atoms in total. The van der Waals surface area contributed by atoms with E-state index in [0.717, 1.165) is 30.2 Å². The Bertz CT molecular complexity index is 1190. The van der Waals surface area contributed by atoms with E-state index in [4.69, 9.17) is 12.3 Å². The molecule has 3 heteroatoms. The van der Waals surface area contributed by atoms with Gasteiger partial charge in [0.15, 0.2) is 0 Å². The highest BCUT2D eigenvalue weighted by molar-refractivity contribution is 5.62. The SMILES string of the molecule is C=C1[C@H]2C[C@H](C3CCCC3)C[C@H]2[C@H]2[C@@H](CC13CCCC3)[C@@]2([C@@H](N)C=O)[C@H]1C=C[C@@H]2C[C@H](CNc3ccccc3)C[C@@H]2C1. The van der Waals surface area contributed by atoms with Gasteiger partial charge >= 0.3 is 0 Å². The number of benzene rings is 1. The summed E-state index contributed by atoms with van der Waals surface area (Å²) in [6.45, 7) is 6.03. The number of nitrogens with two attached hydrogens (primary N) is 1. The molecule has 0 bridgehead atoms. The van der Waals surface area contributed by atoms with Crippen LogP contribution in [0.5, 0.6) is 0 Å². The van der Waals surface area contributed by atoms with Crippen molar-refractivity contribution in [3.63, 3.8) is 0 Å². The van der Waals surface area contributed by atoms with E-state index in [9.17, 15) is 4.79 Å². The zero-order chi connectivity index (χ0) is 28.5. The summed E-state index contributed by atoms with van der Waals surface area (Å²) in [5, 5.41) is 3.71. The van der Waals surface area contributed by atoms with Crippen molar-refractivity contribution in [2.24, 2.45) is 75.7 Å². The summed E-state index contributed by atoms with van der Waals surface area (Å²) in [6, 6.07) is 10.4. The minimum absolute atomic E-state index is 0.0205. The Morgan fingerprint density at radius 1 is 0.929 bits per heavy atom. The van der Waals surface area contributed by atoms with Gasteiger partial charge in [-0.25, -0.2) is 0 Å². The van der Waals surface area contributed by atoms with Gasteiger partial charge in [0.25, 0.3) is 0 Å². The number of carbonyl (C=O) groups excluding carboxylic acids is 1. The minimum atomic E-state index is -0.327. The molecule has 226 valence electrons. The molecule has 42 heavy (non-hydrogen) atoms. The van der Waals surface area contributed by atoms with Crippen LogP contribution in [0.4, 0.5) is 5.69 Å². The second kappa shape index (κ2) is 10.6. The molecule has 0 radical (unpaired) electrons. The van der Waals surface area contributed by atoms with Crippen molar-refractivity contribution >= 4 is 12.0 Å². The molecule has 0 aliphatic heterocycles. The fourth-order valence-electron chi connectivity index (χ4n) is 12.9. The maximum absolute atomic E-state index is 12.7. The van der Waals surface area contributed by atoms with E-state index in [1.165, 1.54) is 102 Å². The molecular formula is C39H54N2O. The van der Waals surface area contributed by atoms with Crippen LogP contribution in [0.15, 0.2) is 54.6 Å². The first-order chi connectivity index (χ1) is 20.5. The summed E-state index contributed by atoms with van der Waals surface area (Å²) in [5.74, 6) is 7.04. The lowest BCUT2D eigenvalue weighted by Gasteiger charge is -2.41. The Balaban J connectivity index is 1.06. The van der Waals surface area contributed by atoms with Crippen molar-refractivity contribution in [2.45, 2.75) is 95.9 Å². The smallest absolute Gasteiger partial charge is 0.137 e. The van der Waals surface area contributed by atoms with E-state index in [1.54, 1.807) is 5.57 Å². The molecular weight excluding hydrogens is 512 g/mol. The van der Waals surface area contributed by atoms with Gasteiger partial charge in [0.2, 0.25) is 0 Å². The molecule has 3 N–H and O–H groups in total. The van der Waals surface area contributed by atoms with E-state index in [2.05, 4.69) is 47.8 Å². The highest BCUT2D eigenvalue weighted by Crippen LogP contribution is 2.79. The number of rotatable bonds is 7. The quantitative estimate of drug-likeness (QED) is 0.257. The number of hydrogen-bond acceptors (Lipinski definition) is 3. The van der Waals surface area contributed by atoms with Crippen LogP contribution in [0.3, 0.4) is 0 Å². The number of nitrogens with one attached hydrogen (secondary N) is 1. The molecule has 7 aliphatic carbocycles. The monoisotopic (exact) mass is 566 g/mol. The summed E-state index contributed by atoms with van der Waals surface area (Å²) >= 11 is 0. The molecule has 8 rings (SSSR count). The third-order valence-electron chi connectivity index (χ3n) is 14.7. The van der Waals surface area contributed by atoms with Crippen molar-refractivity contribution in [1.82, 2.24) is 0 Å². The van der Waals surface area contributed by atoms with Gasteiger partial charge in [-0.05, 0) is 128 Å². The molecule has 6 saturated carbocycles. The second-order valence-electron chi connectivity index (χ2n) is 16.3. The zero-order valence-corrected chi connectivity index (χ0v) is 25.8. The first-order valence-electron chi connectivity index (χ1n) is 17.9. The van der Waals surface area contributed by atoms with Gasteiger partial charge < -0.3 is 15.8 Å². The summed E-state index contributed by atoms with van der Waals surface area (Å²) in [7, 11) is 0. The summed E-state index contributed by atoms with van der Waals surface area (Å²) in [6.07, 6.45) is 25.4. The van der Waals surface area contributed by atoms with Crippen LogP contribution in [0.2, 0.25) is 0 Å². The normalized spacial score (nSPS) is 44.4. The Hall–Kier alpha value is -1.87. The maximum atomic E-state index is 12.7. The van der Waals surface area contributed by atoms with Crippen molar-refractivity contribution in [3.8, 4) is 0 Å². The lowest BCUT2D eigenvalue weighted by molar-refractivity contribution is -0.111. The molecule has 1 aromatic rings. The van der Waals surface area contributed by atoms with Crippen molar-refractivity contribution in [1.29, 1.82) is 0 Å². The van der Waals surface area contributed by atoms with Gasteiger partial charge in [-0.2, -0.15) is 0 Å². The molecule has 0 unspecified atom stereocenters. The van der Waals surface area contributed by atoms with E-state index >= 15 is 0 Å². The largest absolute Gasteiger partial charge is 0.385 e. The average molecular weight is 567 g/mol. The molecule has 0 aromatic heterocycles. The number of hydrogen-bond donors (Lipinski definition) is 2. The third-order valence-corrected chi connectivity index (χ3v) is 14.7. The van der Waals surface area contributed by atoms with Gasteiger partial charge in [0, 0.05) is 17.6 Å². The second-order valence-corrected chi connectivity index (χ2v) is 16.3. The van der Waals surface area contributed by atoms with Crippen LogP contribution < -0.4 is 11.1 Å². The Morgan fingerprint density at radius 2 is 1.71 bits per heavy atom. The molecule has 1 aromatic carbocycles. The molecule has 7 aliphatic rings. The number of fused-ring (bicyclic) bond motifs is 4. The molecule has 0 amide bonds. The van der Waals surface area contributed by atoms with Crippen LogP contribution in [0.1, 0.15) is 89.9 Å². The van der Waals surface area contributed by atoms with Crippen LogP contribution >= 0.6 is 0 Å². The lowest BCUT2D eigenvalue weighted by atomic mass is 9.63. The third kappa shape index (κ3) is 4.26. The topological polar surface area (TPSA) is 55.1 Å². The van der Waals surface area contributed by atoms with Crippen molar-refractivity contribution in [2.75, 3.05) is 11.9 Å². The van der Waals surface area contributed by atoms with Crippen molar-refractivity contribution in [3.05, 3.63) is 54.6 Å². The van der Waals surface area contributed by atoms with Gasteiger partial charge in [-0.15, -0.1) is 0 Å². The van der Waals surface area contributed by atoms with Gasteiger partial charge in [0.05, 0.1) is 6.04 Å². The van der Waals surface area contributed by atoms with Crippen LogP contribution in [-0.2, 0) is 4.79 Å². The molecule has 1 spiro atoms. The van der Waals surface area contributed by atoms with Gasteiger partial charge in [0.1, 0.15) is 6.29 Å². The number of carbonyl (C=O) groups is 1.